The Hall–Kier alpha value is -2.56. The summed E-state index contributed by atoms with van der Waals surface area (Å²) >= 11 is 0. The van der Waals surface area contributed by atoms with Crippen LogP contribution < -0.4 is 10.1 Å². The van der Waals surface area contributed by atoms with E-state index in [1.807, 2.05) is 24.3 Å². The highest BCUT2D eigenvalue weighted by atomic mass is 19.1. The van der Waals surface area contributed by atoms with Gasteiger partial charge in [-0.25, -0.2) is 9.18 Å². The van der Waals surface area contributed by atoms with Crippen molar-refractivity contribution in [1.29, 1.82) is 0 Å². The lowest BCUT2D eigenvalue weighted by Crippen LogP contribution is -2.40. The Kier molecular flexibility index (Phi) is 4.99. The maximum atomic E-state index is 13.8. The van der Waals surface area contributed by atoms with Gasteiger partial charge in [-0.1, -0.05) is 30.3 Å². The average molecular weight is 328 g/mol. The number of methoxy groups -OCH3 is 1. The fourth-order valence-corrected chi connectivity index (χ4v) is 2.59. The molecule has 2 aromatic rings. The summed E-state index contributed by atoms with van der Waals surface area (Å²) in [5, 5.41) is 2.92. The third kappa shape index (κ3) is 4.04. The van der Waals surface area contributed by atoms with Crippen LogP contribution in [0.3, 0.4) is 0 Å². The summed E-state index contributed by atoms with van der Waals surface area (Å²) < 4.78 is 19.0. The second-order valence-corrected chi connectivity index (χ2v) is 5.96. The van der Waals surface area contributed by atoms with Gasteiger partial charge in [0.2, 0.25) is 0 Å². The van der Waals surface area contributed by atoms with Crippen molar-refractivity contribution in [3.05, 3.63) is 65.5 Å². The first-order valence-corrected chi connectivity index (χ1v) is 8.08. The minimum atomic E-state index is -0.272. The van der Waals surface area contributed by atoms with Crippen molar-refractivity contribution in [3.8, 4) is 5.75 Å². The first-order valence-electron chi connectivity index (χ1n) is 8.08. The Bertz CT molecular complexity index is 699. The van der Waals surface area contributed by atoms with Gasteiger partial charge in [0.05, 0.1) is 13.7 Å². The number of hydrogen-bond donors (Lipinski definition) is 1. The fraction of sp³-hybridized carbons (Fsp3) is 0.316. The van der Waals surface area contributed by atoms with E-state index in [2.05, 4.69) is 5.32 Å². The molecule has 3 rings (SSSR count). The Balaban J connectivity index is 1.61. The highest BCUT2D eigenvalue weighted by molar-refractivity contribution is 5.75. The molecule has 4 nitrogen and oxygen atoms in total. The minimum Gasteiger partial charge on any atom is -0.497 e. The SMILES string of the molecule is COc1ccc(CNC(=O)N(Cc2ccccc2F)C2CC2)cc1. The van der Waals surface area contributed by atoms with Gasteiger partial charge in [0.15, 0.2) is 0 Å². The van der Waals surface area contributed by atoms with Gasteiger partial charge in [-0.15, -0.1) is 0 Å². The molecule has 5 heteroatoms. The van der Waals surface area contributed by atoms with Crippen molar-refractivity contribution in [3.63, 3.8) is 0 Å². The molecule has 0 aromatic heterocycles. The summed E-state index contributed by atoms with van der Waals surface area (Å²) in [5.74, 6) is 0.510. The average Bonchev–Trinajstić information content (AvgIpc) is 3.44. The number of benzene rings is 2. The minimum absolute atomic E-state index is 0.156. The molecule has 1 aliphatic carbocycles. The number of amides is 2. The predicted octanol–water partition coefficient (Wildman–Crippen LogP) is 3.71. The molecule has 0 spiro atoms. The van der Waals surface area contributed by atoms with E-state index in [0.717, 1.165) is 24.2 Å². The molecule has 1 aliphatic rings. The molecule has 1 fully saturated rings. The van der Waals surface area contributed by atoms with E-state index in [1.54, 1.807) is 30.2 Å². The van der Waals surface area contributed by atoms with Crippen molar-refractivity contribution < 1.29 is 13.9 Å². The van der Waals surface area contributed by atoms with Crippen LogP contribution in [0, 0.1) is 5.82 Å². The second-order valence-electron chi connectivity index (χ2n) is 5.96. The number of ether oxygens (including phenoxy) is 1. The quantitative estimate of drug-likeness (QED) is 0.878. The number of urea groups is 1. The summed E-state index contributed by atoms with van der Waals surface area (Å²) in [4.78, 5) is 14.2. The van der Waals surface area contributed by atoms with E-state index >= 15 is 0 Å². The lowest BCUT2D eigenvalue weighted by molar-refractivity contribution is 0.191. The van der Waals surface area contributed by atoms with Gasteiger partial charge in [0.25, 0.3) is 0 Å². The van der Waals surface area contributed by atoms with Crippen molar-refractivity contribution in [2.75, 3.05) is 7.11 Å². The van der Waals surface area contributed by atoms with Gasteiger partial charge < -0.3 is 15.0 Å². The zero-order valence-corrected chi connectivity index (χ0v) is 13.7. The zero-order valence-electron chi connectivity index (χ0n) is 13.7. The van der Waals surface area contributed by atoms with Crippen molar-refractivity contribution in [2.24, 2.45) is 0 Å². The van der Waals surface area contributed by atoms with Crippen molar-refractivity contribution in [1.82, 2.24) is 10.2 Å². The van der Waals surface area contributed by atoms with E-state index in [4.69, 9.17) is 4.74 Å². The maximum absolute atomic E-state index is 13.8. The molecule has 0 aliphatic heterocycles. The predicted molar refractivity (Wildman–Crippen MR) is 90.2 cm³/mol. The van der Waals surface area contributed by atoms with E-state index in [1.165, 1.54) is 6.07 Å². The number of nitrogens with one attached hydrogen (secondary N) is 1. The molecular weight excluding hydrogens is 307 g/mol. The molecule has 24 heavy (non-hydrogen) atoms. The van der Waals surface area contributed by atoms with Crippen LogP contribution in [0.4, 0.5) is 9.18 Å². The van der Waals surface area contributed by atoms with Crippen LogP contribution in [-0.2, 0) is 13.1 Å². The normalized spacial score (nSPS) is 13.4. The number of carbonyl (C=O) groups excluding carboxylic acids is 1. The number of halogens is 1. The second kappa shape index (κ2) is 7.34. The van der Waals surface area contributed by atoms with E-state index in [-0.39, 0.29) is 17.9 Å². The largest absolute Gasteiger partial charge is 0.497 e. The Morgan fingerprint density at radius 1 is 1.21 bits per heavy atom. The van der Waals surface area contributed by atoms with Gasteiger partial charge in [-0.2, -0.15) is 0 Å². The maximum Gasteiger partial charge on any atom is 0.318 e. The van der Waals surface area contributed by atoms with E-state index in [9.17, 15) is 9.18 Å². The summed E-state index contributed by atoms with van der Waals surface area (Å²) in [6.07, 6.45) is 1.95. The molecule has 0 radical (unpaired) electrons. The van der Waals surface area contributed by atoms with Crippen LogP contribution in [0.1, 0.15) is 24.0 Å². The first-order chi connectivity index (χ1) is 11.7. The molecule has 2 amide bonds. The smallest absolute Gasteiger partial charge is 0.318 e. The van der Waals surface area contributed by atoms with Gasteiger partial charge in [-0.05, 0) is 36.6 Å². The molecule has 0 unspecified atom stereocenters. The van der Waals surface area contributed by atoms with Gasteiger partial charge in [0.1, 0.15) is 11.6 Å². The standard InChI is InChI=1S/C19H21FN2O2/c1-24-17-10-6-14(7-11-17)12-21-19(23)22(16-8-9-16)13-15-4-2-3-5-18(15)20/h2-7,10-11,16H,8-9,12-13H2,1H3,(H,21,23). The van der Waals surface area contributed by atoms with Crippen molar-refractivity contribution >= 4 is 6.03 Å². The molecule has 1 N–H and O–H groups in total. The number of rotatable bonds is 6. The molecule has 0 heterocycles. The third-order valence-corrected chi connectivity index (χ3v) is 4.15. The van der Waals surface area contributed by atoms with Crippen LogP contribution >= 0.6 is 0 Å². The molecule has 2 aromatic carbocycles. The van der Waals surface area contributed by atoms with Gasteiger partial charge in [0, 0.05) is 18.2 Å². The van der Waals surface area contributed by atoms with Crippen molar-refractivity contribution in [2.45, 2.75) is 32.0 Å². The summed E-state index contributed by atoms with van der Waals surface area (Å²) in [7, 11) is 1.62. The van der Waals surface area contributed by atoms with Crippen LogP contribution in [0.25, 0.3) is 0 Å². The number of carbonyl (C=O) groups is 1. The zero-order chi connectivity index (χ0) is 16.9. The lowest BCUT2D eigenvalue weighted by atomic mass is 10.2. The van der Waals surface area contributed by atoms with Gasteiger partial charge in [-0.3, -0.25) is 0 Å². The van der Waals surface area contributed by atoms with E-state index in [0.29, 0.717) is 18.7 Å². The molecule has 0 bridgehead atoms. The molecule has 0 saturated heterocycles. The van der Waals surface area contributed by atoms with Crippen LogP contribution in [0.2, 0.25) is 0 Å². The van der Waals surface area contributed by atoms with Crippen LogP contribution in [-0.4, -0.2) is 24.1 Å². The van der Waals surface area contributed by atoms with Crippen LogP contribution in [0.15, 0.2) is 48.5 Å². The van der Waals surface area contributed by atoms with Crippen LogP contribution in [0.5, 0.6) is 5.75 Å². The number of hydrogen-bond acceptors (Lipinski definition) is 2. The molecule has 126 valence electrons. The Labute approximate surface area is 141 Å². The molecular formula is C19H21FN2O2. The van der Waals surface area contributed by atoms with E-state index < -0.39 is 0 Å². The summed E-state index contributed by atoms with van der Waals surface area (Å²) in [6.45, 7) is 0.731. The highest BCUT2D eigenvalue weighted by Crippen LogP contribution is 2.29. The Morgan fingerprint density at radius 2 is 1.92 bits per heavy atom. The summed E-state index contributed by atoms with van der Waals surface area (Å²) in [5.41, 5.74) is 1.54. The molecule has 1 saturated carbocycles. The topological polar surface area (TPSA) is 41.6 Å². The highest BCUT2D eigenvalue weighted by Gasteiger charge is 2.32. The Morgan fingerprint density at radius 3 is 2.54 bits per heavy atom. The summed E-state index contributed by atoms with van der Waals surface area (Å²) in [6, 6.07) is 14.2. The number of nitrogens with zero attached hydrogens (tertiary/aromatic N) is 1. The third-order valence-electron chi connectivity index (χ3n) is 4.15. The first kappa shape index (κ1) is 16.3. The monoisotopic (exact) mass is 328 g/mol. The fourth-order valence-electron chi connectivity index (χ4n) is 2.59. The molecule has 0 atom stereocenters. The van der Waals surface area contributed by atoms with Gasteiger partial charge >= 0.3 is 6.03 Å². The lowest BCUT2D eigenvalue weighted by Gasteiger charge is -2.23.